The predicted octanol–water partition coefficient (Wildman–Crippen LogP) is 11.8. The van der Waals surface area contributed by atoms with Gasteiger partial charge in [-0.25, -0.2) is 0 Å². The van der Waals surface area contributed by atoms with E-state index >= 15 is 0 Å². The molecular weight excluding hydrogens is 869 g/mol. The molecule has 5 aromatic carbocycles. The van der Waals surface area contributed by atoms with Crippen molar-refractivity contribution in [3.63, 3.8) is 0 Å². The first-order valence-corrected chi connectivity index (χ1v) is 24.8. The summed E-state index contributed by atoms with van der Waals surface area (Å²) in [6.45, 7) is 6.00. The number of rotatable bonds is 5. The van der Waals surface area contributed by atoms with E-state index < -0.39 is 19.2 Å². The van der Waals surface area contributed by atoms with Crippen LogP contribution < -0.4 is 9.13 Å². The third kappa shape index (κ3) is 7.15. The van der Waals surface area contributed by atoms with Crippen molar-refractivity contribution in [3.8, 4) is 28.3 Å². The van der Waals surface area contributed by atoms with E-state index in [4.69, 9.17) is 6.11 Å². The van der Waals surface area contributed by atoms with Crippen LogP contribution in [0.4, 0.5) is 0 Å². The van der Waals surface area contributed by atoms with Crippen LogP contribution in [0.3, 0.4) is 0 Å². The summed E-state index contributed by atoms with van der Waals surface area (Å²) in [5, 5.41) is 7.32. The molecule has 50 heavy (non-hydrogen) atoms. The molecule has 253 valence electrons. The van der Waals surface area contributed by atoms with Crippen LogP contribution in [0.15, 0.2) is 109 Å². The number of fused-ring (bicyclic) bond motifs is 6. The van der Waals surface area contributed by atoms with E-state index in [-0.39, 0.29) is 20.1 Å². The summed E-state index contributed by atoms with van der Waals surface area (Å²) in [6.07, 6.45) is 3.88. The van der Waals surface area contributed by atoms with Crippen molar-refractivity contribution in [2.24, 2.45) is 0 Å². The van der Waals surface area contributed by atoms with Gasteiger partial charge in [-0.2, -0.15) is 11.3 Å². The molecule has 0 N–H and O–H groups in total. The molecule has 0 saturated carbocycles. The fourth-order valence-electron chi connectivity index (χ4n) is 6.48. The first kappa shape index (κ1) is 34.6. The summed E-state index contributed by atoms with van der Waals surface area (Å²) in [5.74, 6) is 7.40. The topological polar surface area (TPSA) is 35.0 Å². The number of aromatic nitrogens is 2. The molecule has 0 amide bonds. The van der Waals surface area contributed by atoms with E-state index in [1.54, 1.807) is 24.6 Å². The van der Waals surface area contributed by atoms with Crippen LogP contribution in [-0.4, -0.2) is 30.3 Å². The van der Waals surface area contributed by atoms with Crippen molar-refractivity contribution in [1.29, 1.82) is 0 Å². The minimum Gasteiger partial charge on any atom is -0.497 e. The van der Waals surface area contributed by atoms with E-state index in [0.717, 1.165) is 33.8 Å². The van der Waals surface area contributed by atoms with Gasteiger partial charge in [-0.3, -0.25) is 0 Å². The van der Waals surface area contributed by atoms with E-state index in [1.807, 2.05) is 56.3 Å². The maximum Gasteiger partial charge on any atom is 0.119 e. The number of methoxy groups -OCH3 is 1. The fraction of sp³-hybridized carbons (Fsp3) is 0.182. The zero-order valence-electron chi connectivity index (χ0n) is 30.4. The molecular formula is C44H40GeIrN2OS-2. The SMILES string of the molecule is Cc1cc(-c2[c-]cccc2)nc[c]1[Ge]([CH3])([CH3])[CH3].[2H]C(C)(C)c1ccnc(-c2[c-]ccc3c2sc2c4cc5ccc(OC)cc5cc4ccc32)c1.[Ir]. The van der Waals surface area contributed by atoms with E-state index in [0.29, 0.717) is 0 Å². The van der Waals surface area contributed by atoms with Crippen LogP contribution in [0, 0.1) is 19.1 Å². The maximum atomic E-state index is 8.42. The van der Waals surface area contributed by atoms with Crippen LogP contribution in [-0.2, 0) is 20.1 Å². The van der Waals surface area contributed by atoms with Gasteiger partial charge in [0.2, 0.25) is 0 Å². The van der Waals surface area contributed by atoms with E-state index in [1.165, 1.54) is 51.7 Å². The second-order valence-electron chi connectivity index (χ2n) is 13.8. The Balaban J connectivity index is 0.000000211. The Morgan fingerprint density at radius 1 is 0.760 bits per heavy atom. The first-order chi connectivity index (χ1) is 23.9. The molecule has 0 spiro atoms. The Hall–Kier alpha value is -3.87. The van der Waals surface area contributed by atoms with Gasteiger partial charge in [0.05, 0.1) is 7.11 Å². The number of benzene rings is 5. The van der Waals surface area contributed by atoms with Gasteiger partial charge in [-0.05, 0) is 73.6 Å². The third-order valence-corrected chi connectivity index (χ3v) is 14.8. The molecule has 0 aliphatic carbocycles. The summed E-state index contributed by atoms with van der Waals surface area (Å²) in [4.78, 5) is 9.24. The Morgan fingerprint density at radius 3 is 2.28 bits per heavy atom. The van der Waals surface area contributed by atoms with Gasteiger partial charge in [-0.1, -0.05) is 49.1 Å². The number of pyridine rings is 2. The second-order valence-corrected chi connectivity index (χ2v) is 25.4. The Bertz CT molecular complexity index is 2520. The van der Waals surface area contributed by atoms with Crippen molar-refractivity contribution >= 4 is 70.7 Å². The Morgan fingerprint density at radius 2 is 1.56 bits per heavy atom. The molecule has 0 atom stereocenters. The van der Waals surface area contributed by atoms with Crippen molar-refractivity contribution in [1.82, 2.24) is 9.97 Å². The van der Waals surface area contributed by atoms with E-state index in [9.17, 15) is 0 Å². The average molecular weight is 911 g/mol. The number of aryl methyl sites for hydroxylation is 1. The molecule has 6 heteroatoms. The zero-order valence-corrected chi connectivity index (χ0v) is 34.7. The largest absolute Gasteiger partial charge is 0.497 e. The number of hydrogen-bond acceptors (Lipinski definition) is 4. The van der Waals surface area contributed by atoms with Crippen LogP contribution in [0.5, 0.6) is 5.75 Å². The molecule has 1 radical (unpaired) electrons. The molecule has 8 aromatic rings. The van der Waals surface area contributed by atoms with Crippen molar-refractivity contribution in [3.05, 3.63) is 133 Å². The molecule has 3 aromatic heterocycles. The summed E-state index contributed by atoms with van der Waals surface area (Å²) in [7, 11) is 1.70. The summed E-state index contributed by atoms with van der Waals surface area (Å²) in [6, 6.07) is 40.1. The molecule has 8 rings (SSSR count). The fourth-order valence-corrected chi connectivity index (χ4v) is 11.4. The van der Waals surface area contributed by atoms with Crippen LogP contribution in [0.1, 0.15) is 32.2 Å². The van der Waals surface area contributed by atoms with Crippen molar-refractivity contribution in [2.45, 2.75) is 43.9 Å². The molecule has 3 nitrogen and oxygen atoms in total. The number of ether oxygens (including phenoxy) is 1. The maximum absolute atomic E-state index is 8.42. The normalized spacial score (nSPS) is 12.0. The Kier molecular flexibility index (Phi) is 10.2. The van der Waals surface area contributed by atoms with Gasteiger partial charge >= 0.3 is 106 Å². The van der Waals surface area contributed by atoms with Crippen LogP contribution >= 0.6 is 11.3 Å². The summed E-state index contributed by atoms with van der Waals surface area (Å²) in [5.41, 5.74) is 6.29. The minimum atomic E-state index is -1.77. The molecule has 0 aliphatic rings. The van der Waals surface area contributed by atoms with Gasteiger partial charge in [0, 0.05) is 32.4 Å². The van der Waals surface area contributed by atoms with Crippen molar-refractivity contribution < 1.29 is 26.2 Å². The summed E-state index contributed by atoms with van der Waals surface area (Å²) >= 11 is 0.0268. The monoisotopic (exact) mass is 912 g/mol. The molecule has 0 saturated heterocycles. The predicted molar refractivity (Wildman–Crippen MR) is 213 cm³/mol. The number of nitrogens with zero attached hydrogens (tertiary/aromatic N) is 2. The third-order valence-electron chi connectivity index (χ3n) is 9.08. The summed E-state index contributed by atoms with van der Waals surface area (Å²) < 4.78 is 17.8. The van der Waals surface area contributed by atoms with Gasteiger partial charge in [0.1, 0.15) is 5.75 Å². The van der Waals surface area contributed by atoms with Gasteiger partial charge in [0.15, 0.2) is 0 Å². The molecule has 0 fully saturated rings. The molecule has 0 aliphatic heterocycles. The molecule has 0 bridgehead atoms. The molecule has 0 unspecified atom stereocenters. The van der Waals surface area contributed by atoms with Gasteiger partial charge < -0.3 is 9.72 Å². The number of hydrogen-bond donors (Lipinski definition) is 0. The second kappa shape index (κ2) is 14.8. The standard InChI is InChI=1S/C29H22NOS.C15H18GeN.Ir/c1-17(2)18-11-12-30-27(16-18)25-6-4-5-23-24-10-8-20-13-21-14-22(31-3)9-7-19(21)15-26(20)29(24)32-28(23)25;1-12-10-15(13-8-6-5-7-9-13)17-11-14(12)16(2,3)4;/h4-5,7-17H,1-3H3;5-8,10-11H,1-4H3;/q2*-1;/i17D;;. The molecule has 3 heterocycles. The van der Waals surface area contributed by atoms with Crippen LogP contribution in [0.25, 0.3) is 64.2 Å². The number of thiophene rings is 1. The zero-order chi connectivity index (χ0) is 35.2. The first-order valence-electron chi connectivity index (χ1n) is 17.1. The van der Waals surface area contributed by atoms with Crippen molar-refractivity contribution in [2.75, 3.05) is 7.11 Å². The van der Waals surface area contributed by atoms with Gasteiger partial charge in [-0.15, -0.1) is 23.8 Å². The quantitative estimate of drug-likeness (QED) is 0.0980. The Labute approximate surface area is 316 Å². The van der Waals surface area contributed by atoms with E-state index in [2.05, 4.69) is 107 Å². The smallest absolute Gasteiger partial charge is 0.119 e. The van der Waals surface area contributed by atoms with Gasteiger partial charge in [0.25, 0.3) is 0 Å². The van der Waals surface area contributed by atoms with Crippen LogP contribution in [0.2, 0.25) is 17.3 Å². The minimum absolute atomic E-state index is 0. The average Bonchev–Trinajstić information content (AvgIpc) is 3.50.